The Morgan fingerprint density at radius 1 is 1.00 bits per heavy atom. The van der Waals surface area contributed by atoms with E-state index in [1.807, 2.05) is 49.7 Å². The zero-order valence-electron chi connectivity index (χ0n) is 12.8. The smallest absolute Gasteiger partial charge is 0.228 e. The zero-order chi connectivity index (χ0) is 15.2. The number of aromatic hydroxyl groups is 1. The van der Waals surface area contributed by atoms with Gasteiger partial charge in [0.25, 0.3) is 0 Å². The molecule has 0 unspecified atom stereocenters. The lowest BCUT2D eigenvalue weighted by Crippen LogP contribution is -2.31. The topological polar surface area (TPSA) is 42.6 Å². The maximum Gasteiger partial charge on any atom is 0.228 e. The lowest BCUT2D eigenvalue weighted by Gasteiger charge is -2.10. The molecule has 0 saturated carbocycles. The molecule has 1 aromatic heterocycles. The van der Waals surface area contributed by atoms with Crippen LogP contribution in [0.2, 0.25) is 0 Å². The Bertz CT molecular complexity index is 594. The molecule has 112 valence electrons. The van der Waals surface area contributed by atoms with E-state index in [-0.39, 0.29) is 5.75 Å². The van der Waals surface area contributed by atoms with Gasteiger partial charge in [-0.15, -0.1) is 0 Å². The first kappa shape index (κ1) is 15.2. The van der Waals surface area contributed by atoms with Crippen LogP contribution in [0, 0.1) is 13.8 Å². The van der Waals surface area contributed by atoms with Crippen molar-refractivity contribution in [3.63, 3.8) is 0 Å². The number of benzene rings is 1. The summed E-state index contributed by atoms with van der Waals surface area (Å²) in [6.07, 6.45) is 2.56. The molecule has 1 N–H and O–H groups in total. The molecule has 0 fully saturated rings. The highest BCUT2D eigenvalue weighted by Gasteiger charge is 2.14. The maximum absolute atomic E-state index is 9.81. The van der Waals surface area contributed by atoms with E-state index in [0.717, 1.165) is 17.9 Å². The highest BCUT2D eigenvalue weighted by atomic mass is 16.5. The van der Waals surface area contributed by atoms with Crippen LogP contribution in [0.4, 0.5) is 0 Å². The van der Waals surface area contributed by atoms with E-state index < -0.39 is 0 Å². The van der Waals surface area contributed by atoms with Gasteiger partial charge < -0.3 is 14.6 Å². The summed E-state index contributed by atoms with van der Waals surface area (Å²) < 4.78 is 13.2. The average molecular weight is 288 g/mol. The minimum absolute atomic E-state index is 0.171. The number of pyridine rings is 1. The first-order valence-electron chi connectivity index (χ1n) is 7.08. The van der Waals surface area contributed by atoms with Gasteiger partial charge >= 0.3 is 0 Å². The van der Waals surface area contributed by atoms with E-state index in [1.54, 1.807) is 12.3 Å². The lowest BCUT2D eigenvalue weighted by molar-refractivity contribution is -0.678. The summed E-state index contributed by atoms with van der Waals surface area (Å²) in [4.78, 5) is 0. The SMILES string of the molecule is Cc1ccc(OCCCOc2c(O)cc[n+](C)c2C)cc1. The van der Waals surface area contributed by atoms with Gasteiger partial charge in [-0.1, -0.05) is 17.7 Å². The molecule has 4 heteroatoms. The number of aryl methyl sites for hydroxylation is 2. The Hall–Kier alpha value is -2.23. The Labute approximate surface area is 125 Å². The number of nitrogens with zero attached hydrogens (tertiary/aromatic N) is 1. The fourth-order valence-corrected chi connectivity index (χ4v) is 1.95. The van der Waals surface area contributed by atoms with E-state index in [4.69, 9.17) is 9.47 Å². The first-order chi connectivity index (χ1) is 10.1. The molecule has 0 saturated heterocycles. The summed E-state index contributed by atoms with van der Waals surface area (Å²) in [5.41, 5.74) is 2.11. The molecule has 2 aromatic rings. The summed E-state index contributed by atoms with van der Waals surface area (Å²) in [5.74, 6) is 1.58. The molecule has 0 amide bonds. The van der Waals surface area contributed by atoms with Crippen LogP contribution in [-0.2, 0) is 7.05 Å². The summed E-state index contributed by atoms with van der Waals surface area (Å²) in [6.45, 7) is 5.05. The summed E-state index contributed by atoms with van der Waals surface area (Å²) in [6, 6.07) is 9.60. The van der Waals surface area contributed by atoms with Crippen molar-refractivity contribution in [1.29, 1.82) is 0 Å². The number of hydrogen-bond acceptors (Lipinski definition) is 3. The van der Waals surface area contributed by atoms with Crippen molar-refractivity contribution in [2.75, 3.05) is 13.2 Å². The second kappa shape index (κ2) is 6.97. The molecule has 4 nitrogen and oxygen atoms in total. The average Bonchev–Trinajstić information content (AvgIpc) is 2.48. The van der Waals surface area contributed by atoms with Crippen molar-refractivity contribution in [3.05, 3.63) is 47.8 Å². The number of rotatable bonds is 6. The Kier molecular flexibility index (Phi) is 5.04. The molecular weight excluding hydrogens is 266 g/mol. The van der Waals surface area contributed by atoms with Gasteiger partial charge in [0.2, 0.25) is 11.4 Å². The van der Waals surface area contributed by atoms with Gasteiger partial charge in [0.15, 0.2) is 11.9 Å². The van der Waals surface area contributed by atoms with E-state index in [9.17, 15) is 5.11 Å². The van der Waals surface area contributed by atoms with Crippen molar-refractivity contribution >= 4 is 0 Å². The predicted molar refractivity (Wildman–Crippen MR) is 80.8 cm³/mol. The largest absolute Gasteiger partial charge is 0.504 e. The highest BCUT2D eigenvalue weighted by Crippen LogP contribution is 2.26. The fourth-order valence-electron chi connectivity index (χ4n) is 1.95. The Balaban J connectivity index is 1.78. The van der Waals surface area contributed by atoms with Gasteiger partial charge in [0, 0.05) is 19.4 Å². The predicted octanol–water partition coefficient (Wildman–Crippen LogP) is 2.68. The third-order valence-electron chi connectivity index (χ3n) is 3.37. The second-order valence-corrected chi connectivity index (χ2v) is 5.09. The highest BCUT2D eigenvalue weighted by molar-refractivity contribution is 5.38. The normalized spacial score (nSPS) is 10.4. The standard InChI is InChI=1S/C17H21NO3/c1-13-5-7-15(8-6-13)20-11-4-12-21-17-14(2)18(3)10-9-16(17)19/h5-10H,4,11-12H2,1-3H3/p+1. The van der Waals surface area contributed by atoms with Gasteiger partial charge in [0.1, 0.15) is 12.8 Å². The number of ether oxygens (including phenoxy) is 2. The van der Waals surface area contributed by atoms with Crippen LogP contribution in [-0.4, -0.2) is 18.3 Å². The van der Waals surface area contributed by atoms with Gasteiger partial charge in [-0.05, 0) is 19.1 Å². The Morgan fingerprint density at radius 3 is 2.38 bits per heavy atom. The molecule has 0 aliphatic rings. The van der Waals surface area contributed by atoms with Crippen molar-refractivity contribution in [2.45, 2.75) is 20.3 Å². The first-order valence-corrected chi connectivity index (χ1v) is 7.08. The molecule has 1 heterocycles. The molecule has 0 aliphatic carbocycles. The van der Waals surface area contributed by atoms with E-state index in [0.29, 0.717) is 19.0 Å². The molecule has 0 bridgehead atoms. The maximum atomic E-state index is 9.81. The third-order valence-corrected chi connectivity index (χ3v) is 3.37. The lowest BCUT2D eigenvalue weighted by atomic mass is 10.2. The van der Waals surface area contributed by atoms with Gasteiger partial charge in [-0.25, -0.2) is 4.57 Å². The van der Waals surface area contributed by atoms with Crippen LogP contribution in [0.1, 0.15) is 17.7 Å². The van der Waals surface area contributed by atoms with Crippen molar-refractivity contribution in [1.82, 2.24) is 0 Å². The van der Waals surface area contributed by atoms with Gasteiger partial charge in [0.05, 0.1) is 13.2 Å². The molecule has 0 aliphatic heterocycles. The minimum atomic E-state index is 0.171. The van der Waals surface area contributed by atoms with Crippen LogP contribution in [0.3, 0.4) is 0 Å². The quantitative estimate of drug-likeness (QED) is 0.656. The van der Waals surface area contributed by atoms with Crippen LogP contribution in [0.25, 0.3) is 0 Å². The summed E-state index contributed by atoms with van der Waals surface area (Å²) in [7, 11) is 1.92. The van der Waals surface area contributed by atoms with E-state index in [1.165, 1.54) is 5.56 Å². The molecular formula is C17H22NO3+. The van der Waals surface area contributed by atoms with Crippen LogP contribution >= 0.6 is 0 Å². The third kappa shape index (κ3) is 4.12. The minimum Gasteiger partial charge on any atom is -0.504 e. The molecule has 21 heavy (non-hydrogen) atoms. The molecule has 0 spiro atoms. The second-order valence-electron chi connectivity index (χ2n) is 5.09. The van der Waals surface area contributed by atoms with Crippen molar-refractivity contribution in [3.8, 4) is 17.2 Å². The van der Waals surface area contributed by atoms with Crippen LogP contribution in [0.5, 0.6) is 17.2 Å². The summed E-state index contributed by atoms with van der Waals surface area (Å²) in [5, 5.41) is 9.81. The number of hydrogen-bond donors (Lipinski definition) is 1. The monoisotopic (exact) mass is 288 g/mol. The van der Waals surface area contributed by atoms with Gasteiger partial charge in [-0.3, -0.25) is 0 Å². The van der Waals surface area contributed by atoms with Crippen molar-refractivity contribution < 1.29 is 19.1 Å². The molecule has 0 radical (unpaired) electrons. The van der Waals surface area contributed by atoms with E-state index >= 15 is 0 Å². The van der Waals surface area contributed by atoms with Crippen LogP contribution < -0.4 is 14.0 Å². The zero-order valence-corrected chi connectivity index (χ0v) is 12.8. The van der Waals surface area contributed by atoms with Crippen LogP contribution in [0.15, 0.2) is 36.5 Å². The number of aromatic nitrogens is 1. The van der Waals surface area contributed by atoms with Gasteiger partial charge in [-0.2, -0.15) is 0 Å². The molecule has 0 atom stereocenters. The Morgan fingerprint density at radius 2 is 1.67 bits per heavy atom. The van der Waals surface area contributed by atoms with E-state index in [2.05, 4.69) is 0 Å². The molecule has 1 aromatic carbocycles. The summed E-state index contributed by atoms with van der Waals surface area (Å²) >= 11 is 0. The van der Waals surface area contributed by atoms with Crippen molar-refractivity contribution in [2.24, 2.45) is 7.05 Å². The fraction of sp³-hybridized carbons (Fsp3) is 0.353. The molecule has 2 rings (SSSR count).